The molecule has 100 valence electrons. The van der Waals surface area contributed by atoms with Crippen molar-refractivity contribution in [3.63, 3.8) is 0 Å². The van der Waals surface area contributed by atoms with Crippen molar-refractivity contribution in [3.8, 4) is 0 Å². The van der Waals surface area contributed by atoms with Crippen LogP contribution < -0.4 is 0 Å². The largest absolute Gasteiger partial charge is 0.374 e. The number of rotatable bonds is 3. The van der Waals surface area contributed by atoms with E-state index in [4.69, 9.17) is 0 Å². The van der Waals surface area contributed by atoms with Gasteiger partial charge in [-0.3, -0.25) is 4.90 Å². The maximum Gasteiger partial charge on any atom is 0.133 e. The lowest BCUT2D eigenvalue weighted by Crippen LogP contribution is -2.33. The van der Waals surface area contributed by atoms with Crippen LogP contribution in [0.5, 0.6) is 0 Å². The second kappa shape index (κ2) is 5.81. The summed E-state index contributed by atoms with van der Waals surface area (Å²) >= 11 is 0. The van der Waals surface area contributed by atoms with Crippen LogP contribution >= 0.6 is 0 Å². The van der Waals surface area contributed by atoms with E-state index in [0.29, 0.717) is 11.1 Å². The Bertz CT molecular complexity index is 399. The first-order valence-electron chi connectivity index (χ1n) is 6.81. The zero-order valence-corrected chi connectivity index (χ0v) is 11.2. The molecule has 0 aromatic heterocycles. The number of hydrogen-bond donors (Lipinski definition) is 1. The highest BCUT2D eigenvalue weighted by Crippen LogP contribution is 2.26. The molecule has 1 aromatic carbocycles. The highest BCUT2D eigenvalue weighted by atomic mass is 19.1. The van der Waals surface area contributed by atoms with E-state index in [-0.39, 0.29) is 11.7 Å². The van der Waals surface area contributed by atoms with Crippen molar-refractivity contribution in [1.82, 2.24) is 4.90 Å². The van der Waals surface area contributed by atoms with E-state index in [2.05, 4.69) is 0 Å². The molecule has 1 aliphatic heterocycles. The average molecular weight is 251 g/mol. The fraction of sp³-hybridized carbons (Fsp3) is 0.600. The van der Waals surface area contributed by atoms with E-state index < -0.39 is 6.23 Å². The first kappa shape index (κ1) is 13.5. The Morgan fingerprint density at radius 3 is 2.39 bits per heavy atom. The maximum atomic E-state index is 13.9. The van der Waals surface area contributed by atoms with Gasteiger partial charge in [-0.05, 0) is 36.0 Å². The van der Waals surface area contributed by atoms with E-state index in [9.17, 15) is 9.50 Å². The van der Waals surface area contributed by atoms with Gasteiger partial charge in [0.1, 0.15) is 12.0 Å². The van der Waals surface area contributed by atoms with Gasteiger partial charge >= 0.3 is 0 Å². The molecule has 1 heterocycles. The van der Waals surface area contributed by atoms with Crippen LogP contribution in [0.2, 0.25) is 0 Å². The summed E-state index contributed by atoms with van der Waals surface area (Å²) in [6.45, 7) is 5.74. The van der Waals surface area contributed by atoms with Gasteiger partial charge in [-0.1, -0.05) is 32.4 Å². The number of aliphatic hydroxyl groups excluding tert-OH is 1. The van der Waals surface area contributed by atoms with Crippen molar-refractivity contribution < 1.29 is 9.50 Å². The third kappa shape index (κ3) is 2.90. The second-order valence-electron chi connectivity index (χ2n) is 5.41. The van der Waals surface area contributed by atoms with Crippen molar-refractivity contribution in [3.05, 3.63) is 35.1 Å². The highest BCUT2D eigenvalue weighted by Gasteiger charge is 2.20. The van der Waals surface area contributed by atoms with Crippen LogP contribution in [0, 0.1) is 5.82 Å². The van der Waals surface area contributed by atoms with Crippen molar-refractivity contribution in [2.45, 2.75) is 45.3 Å². The molecule has 2 nitrogen and oxygen atoms in total. The van der Waals surface area contributed by atoms with Crippen LogP contribution in [0.15, 0.2) is 18.2 Å². The third-order valence-corrected chi connectivity index (χ3v) is 3.68. The molecule has 1 fully saturated rings. The first-order valence-corrected chi connectivity index (χ1v) is 6.81. The standard InChI is InChI=1S/C15H22FNO/c1-11(2)13-7-6-12(10-14(13)16)15(18)17-8-4-3-5-9-17/h6-7,10-11,15,18H,3-5,8-9H2,1-2H3. The van der Waals surface area contributed by atoms with Crippen molar-refractivity contribution in [2.75, 3.05) is 13.1 Å². The van der Waals surface area contributed by atoms with Crippen LogP contribution in [0.4, 0.5) is 4.39 Å². The minimum Gasteiger partial charge on any atom is -0.374 e. The fourth-order valence-electron chi connectivity index (χ4n) is 2.55. The van der Waals surface area contributed by atoms with E-state index in [1.807, 2.05) is 24.8 Å². The molecule has 0 amide bonds. The van der Waals surface area contributed by atoms with E-state index in [0.717, 1.165) is 25.9 Å². The Morgan fingerprint density at radius 1 is 1.17 bits per heavy atom. The predicted molar refractivity (Wildman–Crippen MR) is 70.9 cm³/mol. The van der Waals surface area contributed by atoms with Gasteiger partial charge in [0, 0.05) is 13.1 Å². The molecule has 1 saturated heterocycles. The summed E-state index contributed by atoms with van der Waals surface area (Å²) in [5.41, 5.74) is 1.38. The Balaban J connectivity index is 2.15. The molecule has 1 aliphatic rings. The molecule has 1 unspecified atom stereocenters. The molecule has 1 N–H and O–H groups in total. The number of likely N-dealkylation sites (tertiary alicyclic amines) is 1. The van der Waals surface area contributed by atoms with Crippen molar-refractivity contribution in [1.29, 1.82) is 0 Å². The normalized spacial score (nSPS) is 19.2. The summed E-state index contributed by atoms with van der Waals surface area (Å²) in [6.07, 6.45) is 2.79. The van der Waals surface area contributed by atoms with Crippen molar-refractivity contribution >= 4 is 0 Å². The first-order chi connectivity index (χ1) is 8.59. The number of hydrogen-bond acceptors (Lipinski definition) is 2. The topological polar surface area (TPSA) is 23.5 Å². The van der Waals surface area contributed by atoms with Gasteiger partial charge in [0.2, 0.25) is 0 Å². The smallest absolute Gasteiger partial charge is 0.133 e. The minimum absolute atomic E-state index is 0.172. The minimum atomic E-state index is -0.666. The summed E-state index contributed by atoms with van der Waals surface area (Å²) in [6, 6.07) is 5.12. The molecule has 0 radical (unpaired) electrons. The molecule has 1 atom stereocenters. The van der Waals surface area contributed by atoms with Gasteiger partial charge in [0.05, 0.1) is 0 Å². The Labute approximate surface area is 108 Å². The van der Waals surface area contributed by atoms with Gasteiger partial charge in [0.25, 0.3) is 0 Å². The van der Waals surface area contributed by atoms with E-state index in [1.165, 1.54) is 12.5 Å². The lowest BCUT2D eigenvalue weighted by molar-refractivity contribution is -0.0100. The summed E-state index contributed by atoms with van der Waals surface area (Å²) in [4.78, 5) is 2.02. The lowest BCUT2D eigenvalue weighted by Gasteiger charge is -2.31. The van der Waals surface area contributed by atoms with Gasteiger partial charge in [-0.2, -0.15) is 0 Å². The van der Waals surface area contributed by atoms with Gasteiger partial charge in [0.15, 0.2) is 0 Å². The Hall–Kier alpha value is -0.930. The van der Waals surface area contributed by atoms with Gasteiger partial charge in [-0.15, -0.1) is 0 Å². The average Bonchev–Trinajstić information content (AvgIpc) is 2.38. The molecule has 0 saturated carbocycles. The lowest BCUT2D eigenvalue weighted by atomic mass is 10.00. The van der Waals surface area contributed by atoms with E-state index >= 15 is 0 Å². The van der Waals surface area contributed by atoms with Gasteiger partial charge in [-0.25, -0.2) is 4.39 Å². The van der Waals surface area contributed by atoms with Crippen molar-refractivity contribution in [2.24, 2.45) is 0 Å². The monoisotopic (exact) mass is 251 g/mol. The van der Waals surface area contributed by atoms with Crippen LogP contribution in [0.25, 0.3) is 0 Å². The summed E-state index contributed by atoms with van der Waals surface area (Å²) < 4.78 is 13.9. The molecule has 3 heteroatoms. The molecule has 18 heavy (non-hydrogen) atoms. The Morgan fingerprint density at radius 2 is 1.83 bits per heavy atom. The SMILES string of the molecule is CC(C)c1ccc(C(O)N2CCCCC2)cc1F. The molecule has 2 rings (SSSR count). The highest BCUT2D eigenvalue weighted by molar-refractivity contribution is 5.27. The van der Waals surface area contributed by atoms with Gasteiger partial charge < -0.3 is 5.11 Å². The molecular formula is C15H22FNO. The molecule has 0 bridgehead atoms. The number of aliphatic hydroxyl groups is 1. The molecule has 0 aliphatic carbocycles. The van der Waals surface area contributed by atoms with Crippen LogP contribution in [0.1, 0.15) is 56.4 Å². The third-order valence-electron chi connectivity index (χ3n) is 3.68. The van der Waals surface area contributed by atoms with Crippen LogP contribution in [-0.2, 0) is 0 Å². The number of halogens is 1. The zero-order chi connectivity index (χ0) is 13.1. The molecular weight excluding hydrogens is 229 g/mol. The van der Waals surface area contributed by atoms with E-state index in [1.54, 1.807) is 6.07 Å². The zero-order valence-electron chi connectivity index (χ0n) is 11.2. The molecule has 0 spiro atoms. The Kier molecular flexibility index (Phi) is 4.36. The number of nitrogens with zero attached hydrogens (tertiary/aromatic N) is 1. The number of piperidine rings is 1. The number of benzene rings is 1. The maximum absolute atomic E-state index is 13.9. The summed E-state index contributed by atoms with van der Waals surface area (Å²) in [5.74, 6) is -0.0373. The molecule has 1 aromatic rings. The van der Waals surface area contributed by atoms with Crippen LogP contribution in [-0.4, -0.2) is 23.1 Å². The quantitative estimate of drug-likeness (QED) is 0.889. The van der Waals surface area contributed by atoms with Crippen LogP contribution in [0.3, 0.4) is 0 Å². The summed E-state index contributed by atoms with van der Waals surface area (Å²) in [7, 11) is 0. The fourth-order valence-corrected chi connectivity index (χ4v) is 2.55. The summed E-state index contributed by atoms with van der Waals surface area (Å²) in [5, 5.41) is 10.3. The second-order valence-corrected chi connectivity index (χ2v) is 5.41. The predicted octanol–water partition coefficient (Wildman–Crippen LogP) is 3.43.